The van der Waals surface area contributed by atoms with E-state index in [0.717, 1.165) is 22.6 Å². The highest BCUT2D eigenvalue weighted by atomic mass is 16.5. The zero-order valence-electron chi connectivity index (χ0n) is 11.4. The van der Waals surface area contributed by atoms with E-state index in [4.69, 9.17) is 4.74 Å². The third-order valence-corrected chi connectivity index (χ3v) is 3.56. The molecule has 0 saturated heterocycles. The molecule has 4 nitrogen and oxygen atoms in total. The van der Waals surface area contributed by atoms with E-state index in [0.29, 0.717) is 19.0 Å². The SMILES string of the molecule is COc1c(C)cnc(CNCC(O)C2CC2)c1C. The van der Waals surface area contributed by atoms with Gasteiger partial charge in [-0.2, -0.15) is 0 Å². The van der Waals surface area contributed by atoms with Crippen molar-refractivity contribution in [3.05, 3.63) is 23.0 Å². The van der Waals surface area contributed by atoms with E-state index >= 15 is 0 Å². The van der Waals surface area contributed by atoms with Crippen LogP contribution >= 0.6 is 0 Å². The Morgan fingerprint density at radius 3 is 2.83 bits per heavy atom. The van der Waals surface area contributed by atoms with Gasteiger partial charge >= 0.3 is 0 Å². The van der Waals surface area contributed by atoms with E-state index < -0.39 is 0 Å². The number of pyridine rings is 1. The van der Waals surface area contributed by atoms with Crippen molar-refractivity contribution in [1.82, 2.24) is 10.3 Å². The third kappa shape index (κ3) is 3.00. The monoisotopic (exact) mass is 250 g/mol. The summed E-state index contributed by atoms with van der Waals surface area (Å²) in [5.41, 5.74) is 3.11. The molecule has 100 valence electrons. The van der Waals surface area contributed by atoms with E-state index in [1.807, 2.05) is 20.0 Å². The summed E-state index contributed by atoms with van der Waals surface area (Å²) in [4.78, 5) is 4.42. The Hall–Kier alpha value is -1.13. The van der Waals surface area contributed by atoms with E-state index in [2.05, 4.69) is 10.3 Å². The summed E-state index contributed by atoms with van der Waals surface area (Å²) < 4.78 is 5.37. The molecule has 1 aromatic heterocycles. The van der Waals surface area contributed by atoms with Crippen LogP contribution in [0.15, 0.2) is 6.20 Å². The van der Waals surface area contributed by atoms with Crippen molar-refractivity contribution < 1.29 is 9.84 Å². The molecule has 2 rings (SSSR count). The van der Waals surface area contributed by atoms with Gasteiger partial charge in [-0.1, -0.05) is 0 Å². The fraction of sp³-hybridized carbons (Fsp3) is 0.643. The molecule has 18 heavy (non-hydrogen) atoms. The van der Waals surface area contributed by atoms with Crippen molar-refractivity contribution in [2.45, 2.75) is 39.3 Å². The molecule has 1 aromatic rings. The lowest BCUT2D eigenvalue weighted by molar-refractivity contribution is 0.148. The second-order valence-corrected chi connectivity index (χ2v) is 5.08. The molecule has 1 unspecified atom stereocenters. The minimum Gasteiger partial charge on any atom is -0.496 e. The average molecular weight is 250 g/mol. The number of nitrogens with zero attached hydrogens (tertiary/aromatic N) is 1. The summed E-state index contributed by atoms with van der Waals surface area (Å²) in [6.45, 7) is 5.33. The van der Waals surface area contributed by atoms with E-state index in [1.165, 1.54) is 12.8 Å². The summed E-state index contributed by atoms with van der Waals surface area (Å²) in [5, 5.41) is 13.0. The van der Waals surface area contributed by atoms with E-state index in [9.17, 15) is 5.11 Å². The van der Waals surface area contributed by atoms with Crippen LogP contribution in [-0.4, -0.2) is 29.8 Å². The second kappa shape index (κ2) is 5.67. The van der Waals surface area contributed by atoms with Gasteiger partial charge in [0.1, 0.15) is 5.75 Å². The van der Waals surface area contributed by atoms with Crippen molar-refractivity contribution >= 4 is 0 Å². The Labute approximate surface area is 108 Å². The molecule has 1 aliphatic carbocycles. The van der Waals surface area contributed by atoms with Crippen molar-refractivity contribution in [3.8, 4) is 5.75 Å². The lowest BCUT2D eigenvalue weighted by atomic mass is 10.1. The predicted molar refractivity (Wildman–Crippen MR) is 70.7 cm³/mol. The Kier molecular flexibility index (Phi) is 4.19. The van der Waals surface area contributed by atoms with Gasteiger partial charge in [-0.05, 0) is 32.6 Å². The number of hydrogen-bond acceptors (Lipinski definition) is 4. The first-order chi connectivity index (χ1) is 8.63. The first kappa shape index (κ1) is 13.3. The maximum atomic E-state index is 9.77. The highest BCUT2D eigenvalue weighted by Crippen LogP contribution is 2.32. The number of hydrogen-bond donors (Lipinski definition) is 2. The molecule has 4 heteroatoms. The summed E-state index contributed by atoms with van der Waals surface area (Å²) in [6, 6.07) is 0. The predicted octanol–water partition coefficient (Wildman–Crippen LogP) is 1.57. The molecule has 0 spiro atoms. The first-order valence-electron chi connectivity index (χ1n) is 6.51. The van der Waals surface area contributed by atoms with Crippen molar-refractivity contribution in [3.63, 3.8) is 0 Å². The Morgan fingerprint density at radius 1 is 1.50 bits per heavy atom. The molecule has 0 radical (unpaired) electrons. The third-order valence-electron chi connectivity index (χ3n) is 3.56. The molecule has 1 saturated carbocycles. The molecule has 0 aliphatic heterocycles. The van der Waals surface area contributed by atoms with E-state index in [1.54, 1.807) is 7.11 Å². The normalized spacial score (nSPS) is 16.7. The molecule has 1 aliphatic rings. The number of aromatic nitrogens is 1. The topological polar surface area (TPSA) is 54.4 Å². The van der Waals surface area contributed by atoms with Crippen LogP contribution < -0.4 is 10.1 Å². The summed E-state index contributed by atoms with van der Waals surface area (Å²) in [6.07, 6.45) is 3.95. The average Bonchev–Trinajstić information content (AvgIpc) is 3.16. The number of aliphatic hydroxyl groups is 1. The Morgan fingerprint density at radius 2 is 2.22 bits per heavy atom. The number of nitrogens with one attached hydrogen (secondary N) is 1. The fourth-order valence-electron chi connectivity index (χ4n) is 2.24. The van der Waals surface area contributed by atoms with Crippen LogP contribution in [0.25, 0.3) is 0 Å². The van der Waals surface area contributed by atoms with E-state index in [-0.39, 0.29) is 6.10 Å². The van der Waals surface area contributed by atoms with Crippen molar-refractivity contribution in [2.75, 3.05) is 13.7 Å². The molecule has 1 fully saturated rings. The van der Waals surface area contributed by atoms with Gasteiger partial charge in [0, 0.05) is 30.4 Å². The molecular weight excluding hydrogens is 228 g/mol. The van der Waals surface area contributed by atoms with Crippen LogP contribution in [0.5, 0.6) is 5.75 Å². The Balaban J connectivity index is 1.92. The highest BCUT2D eigenvalue weighted by molar-refractivity contribution is 5.40. The first-order valence-corrected chi connectivity index (χ1v) is 6.51. The van der Waals surface area contributed by atoms with Gasteiger partial charge in [-0.25, -0.2) is 0 Å². The minimum absolute atomic E-state index is 0.211. The van der Waals surface area contributed by atoms with Crippen LogP contribution in [0.2, 0.25) is 0 Å². The van der Waals surface area contributed by atoms with Crippen LogP contribution in [0, 0.1) is 19.8 Å². The zero-order chi connectivity index (χ0) is 13.1. The van der Waals surface area contributed by atoms with Crippen molar-refractivity contribution in [1.29, 1.82) is 0 Å². The molecule has 2 N–H and O–H groups in total. The number of aliphatic hydroxyl groups excluding tert-OH is 1. The quantitative estimate of drug-likeness (QED) is 0.804. The Bertz CT molecular complexity index is 417. The van der Waals surface area contributed by atoms with Gasteiger partial charge in [0.25, 0.3) is 0 Å². The van der Waals surface area contributed by atoms with Gasteiger partial charge in [0.2, 0.25) is 0 Å². The molecule has 0 bridgehead atoms. The number of methoxy groups -OCH3 is 1. The number of ether oxygens (including phenoxy) is 1. The van der Waals surface area contributed by atoms with Gasteiger partial charge in [0.15, 0.2) is 0 Å². The van der Waals surface area contributed by atoms with Crippen LogP contribution in [0.4, 0.5) is 0 Å². The maximum absolute atomic E-state index is 9.77. The van der Waals surface area contributed by atoms with Gasteiger partial charge in [-0.3, -0.25) is 4.98 Å². The largest absolute Gasteiger partial charge is 0.496 e. The van der Waals surface area contributed by atoms with Gasteiger partial charge in [0.05, 0.1) is 18.9 Å². The smallest absolute Gasteiger partial charge is 0.128 e. The molecule has 0 amide bonds. The molecule has 1 heterocycles. The minimum atomic E-state index is -0.211. The van der Waals surface area contributed by atoms with Gasteiger partial charge < -0.3 is 15.2 Å². The molecular formula is C14H22N2O2. The lowest BCUT2D eigenvalue weighted by Crippen LogP contribution is -2.28. The molecule has 0 aromatic carbocycles. The second-order valence-electron chi connectivity index (χ2n) is 5.08. The molecule has 1 atom stereocenters. The summed E-state index contributed by atoms with van der Waals surface area (Å²) in [7, 11) is 1.68. The maximum Gasteiger partial charge on any atom is 0.128 e. The number of rotatable bonds is 6. The number of aryl methyl sites for hydroxylation is 1. The van der Waals surface area contributed by atoms with Gasteiger partial charge in [-0.15, -0.1) is 0 Å². The zero-order valence-corrected chi connectivity index (χ0v) is 11.4. The highest BCUT2D eigenvalue weighted by Gasteiger charge is 2.29. The van der Waals surface area contributed by atoms with Crippen LogP contribution in [0.1, 0.15) is 29.7 Å². The van der Waals surface area contributed by atoms with Crippen LogP contribution in [-0.2, 0) is 6.54 Å². The summed E-state index contributed by atoms with van der Waals surface area (Å²) in [5.74, 6) is 1.42. The lowest BCUT2D eigenvalue weighted by Gasteiger charge is -2.14. The summed E-state index contributed by atoms with van der Waals surface area (Å²) >= 11 is 0. The standard InChI is InChI=1S/C14H22N2O2/c1-9-6-16-12(10(2)14(9)18-3)7-15-8-13(17)11-4-5-11/h6,11,13,15,17H,4-5,7-8H2,1-3H3. The van der Waals surface area contributed by atoms with Crippen molar-refractivity contribution in [2.24, 2.45) is 5.92 Å². The fourth-order valence-corrected chi connectivity index (χ4v) is 2.24. The van der Waals surface area contributed by atoms with Crippen LogP contribution in [0.3, 0.4) is 0 Å².